The first kappa shape index (κ1) is 19.2. The van der Waals surface area contributed by atoms with E-state index >= 15 is 0 Å². The first-order chi connectivity index (χ1) is 13.4. The number of hydrogen-bond acceptors (Lipinski definition) is 4. The number of β-amino-alcohol motifs (C(OH)–C–C–N with tert-alkyl or cyclic N) is 1. The molecule has 1 aliphatic heterocycles. The van der Waals surface area contributed by atoms with Gasteiger partial charge >= 0.3 is 0 Å². The predicted molar refractivity (Wildman–Crippen MR) is 110 cm³/mol. The normalized spacial score (nSPS) is 17.0. The lowest BCUT2D eigenvalue weighted by Gasteiger charge is -2.23. The second kappa shape index (κ2) is 7.37. The third kappa shape index (κ3) is 3.37. The Bertz CT molecular complexity index is 1110. The molecule has 5 nitrogen and oxygen atoms in total. The number of hydrogen-bond donors (Lipinski definition) is 1. The smallest absolute Gasteiger partial charge is 0.265 e. The van der Waals surface area contributed by atoms with Gasteiger partial charge in [-0.05, 0) is 42.1 Å². The second-order valence-corrected chi connectivity index (χ2v) is 9.12. The van der Waals surface area contributed by atoms with Crippen LogP contribution in [0.4, 0.5) is 5.69 Å². The number of aliphatic hydroxyl groups excluding tert-OH is 1. The fourth-order valence-corrected chi connectivity index (χ4v) is 5.36. The van der Waals surface area contributed by atoms with Gasteiger partial charge in [-0.2, -0.15) is 0 Å². The molecular weight excluding hydrogens is 398 g/mol. The van der Waals surface area contributed by atoms with Crippen molar-refractivity contribution in [2.75, 3.05) is 17.5 Å². The van der Waals surface area contributed by atoms with Crippen LogP contribution in [0.3, 0.4) is 0 Å². The Hall–Kier alpha value is -2.12. The molecule has 3 aromatic carbocycles. The minimum atomic E-state index is -3.69. The van der Waals surface area contributed by atoms with Gasteiger partial charge in [0.1, 0.15) is 0 Å². The van der Waals surface area contributed by atoms with E-state index in [1.807, 2.05) is 37.3 Å². The molecule has 0 unspecified atom stereocenters. The third-order valence-corrected chi connectivity index (χ3v) is 7.01. The number of sulfonamides is 1. The Morgan fingerprint density at radius 2 is 1.75 bits per heavy atom. The lowest BCUT2D eigenvalue weighted by Crippen LogP contribution is -2.37. The van der Waals surface area contributed by atoms with Crippen molar-refractivity contribution in [3.8, 4) is 0 Å². The van der Waals surface area contributed by atoms with Crippen molar-refractivity contribution < 1.29 is 18.3 Å². The van der Waals surface area contributed by atoms with Gasteiger partial charge in [0.05, 0.1) is 35.9 Å². The highest BCUT2D eigenvalue weighted by atomic mass is 35.5. The molecule has 0 saturated heterocycles. The average Bonchev–Trinajstić information content (AvgIpc) is 2.90. The Morgan fingerprint density at radius 3 is 2.46 bits per heavy atom. The van der Waals surface area contributed by atoms with E-state index in [1.165, 1.54) is 4.31 Å². The van der Waals surface area contributed by atoms with Gasteiger partial charge in [-0.25, -0.2) is 8.42 Å². The fourth-order valence-electron chi connectivity index (χ4n) is 3.48. The summed E-state index contributed by atoms with van der Waals surface area (Å²) in [6.45, 7) is 1.82. The van der Waals surface area contributed by atoms with E-state index in [9.17, 15) is 13.5 Å². The lowest BCUT2D eigenvalue weighted by molar-refractivity contribution is 0.00140. The number of nitrogens with zero attached hydrogens (tertiary/aromatic N) is 1. The maximum absolute atomic E-state index is 13.0. The highest BCUT2D eigenvalue weighted by Crippen LogP contribution is 2.41. The van der Waals surface area contributed by atoms with Crippen LogP contribution in [-0.4, -0.2) is 32.8 Å². The summed E-state index contributed by atoms with van der Waals surface area (Å²) in [6, 6.07) is 18.0. The largest absolute Gasteiger partial charge is 0.389 e. The first-order valence-corrected chi connectivity index (χ1v) is 10.8. The molecule has 0 amide bonds. The van der Waals surface area contributed by atoms with E-state index in [0.29, 0.717) is 16.1 Å². The van der Waals surface area contributed by atoms with Crippen LogP contribution >= 0.6 is 11.6 Å². The standard InChI is InChI=1S/C21H20ClNO4S/c1-14(15-8-10-17(22)11-9-15)27-13-18(24)12-23-19-6-2-4-16-5-3-7-20(21(16)19)28(23,25)26/h2-11,14,18,24H,12-13H2,1H3/t14-,18-/m1/s1. The maximum Gasteiger partial charge on any atom is 0.265 e. The van der Waals surface area contributed by atoms with E-state index in [-0.39, 0.29) is 24.2 Å². The number of halogens is 1. The van der Waals surface area contributed by atoms with Gasteiger partial charge in [0, 0.05) is 10.4 Å². The van der Waals surface area contributed by atoms with Crippen LogP contribution in [0.1, 0.15) is 18.6 Å². The van der Waals surface area contributed by atoms with E-state index in [1.54, 1.807) is 30.3 Å². The molecule has 4 rings (SSSR count). The van der Waals surface area contributed by atoms with E-state index in [4.69, 9.17) is 16.3 Å². The van der Waals surface area contributed by atoms with Crippen LogP contribution in [0, 0.1) is 0 Å². The molecule has 0 spiro atoms. The van der Waals surface area contributed by atoms with Crippen LogP contribution < -0.4 is 4.31 Å². The zero-order valence-electron chi connectivity index (χ0n) is 15.2. The Morgan fingerprint density at radius 1 is 1.07 bits per heavy atom. The zero-order chi connectivity index (χ0) is 19.9. The van der Waals surface area contributed by atoms with Crippen LogP contribution in [0.5, 0.6) is 0 Å². The van der Waals surface area contributed by atoms with Gasteiger partial charge in [0.25, 0.3) is 10.0 Å². The molecule has 0 aliphatic carbocycles. The fraction of sp³-hybridized carbons (Fsp3) is 0.238. The minimum absolute atomic E-state index is 0.0160. The first-order valence-electron chi connectivity index (χ1n) is 8.97. The third-order valence-electron chi connectivity index (χ3n) is 4.94. The summed E-state index contributed by atoms with van der Waals surface area (Å²) in [5, 5.41) is 12.7. The SMILES string of the molecule is C[C@@H](OC[C@H](O)CN1c2cccc3cccc(c23)S1(=O)=O)c1ccc(Cl)cc1. The van der Waals surface area contributed by atoms with Crippen LogP contribution in [0.25, 0.3) is 10.8 Å². The van der Waals surface area contributed by atoms with Gasteiger partial charge in [0.2, 0.25) is 0 Å². The summed E-state index contributed by atoms with van der Waals surface area (Å²) in [5.74, 6) is 0. The highest BCUT2D eigenvalue weighted by Gasteiger charge is 2.36. The molecule has 0 radical (unpaired) electrons. The molecule has 0 saturated carbocycles. The van der Waals surface area contributed by atoms with Gasteiger partial charge in [-0.15, -0.1) is 0 Å². The Kier molecular flexibility index (Phi) is 5.05. The number of ether oxygens (including phenoxy) is 1. The van der Waals surface area contributed by atoms with Crippen LogP contribution in [0.15, 0.2) is 65.6 Å². The van der Waals surface area contributed by atoms with Crippen molar-refractivity contribution in [2.45, 2.75) is 24.0 Å². The molecule has 7 heteroatoms. The summed E-state index contributed by atoms with van der Waals surface area (Å²) >= 11 is 5.89. The van der Waals surface area contributed by atoms with E-state index in [0.717, 1.165) is 10.9 Å². The second-order valence-electron chi connectivity index (χ2n) is 6.85. The molecule has 1 aliphatic rings. The molecule has 1 N–H and O–H groups in total. The molecule has 0 fully saturated rings. The maximum atomic E-state index is 13.0. The summed E-state index contributed by atoms with van der Waals surface area (Å²) in [7, 11) is -3.69. The van der Waals surface area contributed by atoms with Gasteiger partial charge in [-0.3, -0.25) is 4.31 Å². The van der Waals surface area contributed by atoms with Crippen molar-refractivity contribution in [1.29, 1.82) is 0 Å². The lowest BCUT2D eigenvalue weighted by atomic mass is 10.1. The van der Waals surface area contributed by atoms with Crippen molar-refractivity contribution in [1.82, 2.24) is 0 Å². The molecule has 1 heterocycles. The van der Waals surface area contributed by atoms with Crippen molar-refractivity contribution >= 4 is 38.1 Å². The highest BCUT2D eigenvalue weighted by molar-refractivity contribution is 7.93. The van der Waals surface area contributed by atoms with E-state index in [2.05, 4.69) is 0 Å². The molecule has 28 heavy (non-hydrogen) atoms. The molecular formula is C21H20ClNO4S. The molecule has 2 atom stereocenters. The molecule has 3 aromatic rings. The van der Waals surface area contributed by atoms with Crippen molar-refractivity contribution in [2.24, 2.45) is 0 Å². The Labute approximate surface area is 169 Å². The minimum Gasteiger partial charge on any atom is -0.389 e. The topological polar surface area (TPSA) is 66.8 Å². The molecule has 0 bridgehead atoms. The van der Waals surface area contributed by atoms with Gasteiger partial charge in [-0.1, -0.05) is 48.0 Å². The molecule has 0 aromatic heterocycles. The van der Waals surface area contributed by atoms with Crippen LogP contribution in [-0.2, 0) is 14.8 Å². The summed E-state index contributed by atoms with van der Waals surface area (Å²) in [4.78, 5) is 0.281. The predicted octanol–water partition coefficient (Wildman–Crippen LogP) is 4.14. The summed E-state index contributed by atoms with van der Waals surface area (Å²) in [6.07, 6.45) is -1.21. The molecule has 146 valence electrons. The van der Waals surface area contributed by atoms with Gasteiger partial charge < -0.3 is 9.84 Å². The summed E-state index contributed by atoms with van der Waals surface area (Å²) < 4.78 is 32.9. The quantitative estimate of drug-likeness (QED) is 0.654. The van der Waals surface area contributed by atoms with Crippen molar-refractivity contribution in [3.05, 3.63) is 71.2 Å². The Balaban J connectivity index is 1.49. The van der Waals surface area contributed by atoms with Crippen LogP contribution in [0.2, 0.25) is 5.02 Å². The monoisotopic (exact) mass is 417 g/mol. The number of benzene rings is 3. The van der Waals surface area contributed by atoms with Crippen molar-refractivity contribution in [3.63, 3.8) is 0 Å². The number of anilines is 1. The van der Waals surface area contributed by atoms with Gasteiger partial charge in [0.15, 0.2) is 0 Å². The summed E-state index contributed by atoms with van der Waals surface area (Å²) in [5.41, 5.74) is 1.53. The zero-order valence-corrected chi connectivity index (χ0v) is 16.8. The number of aliphatic hydroxyl groups is 1. The van der Waals surface area contributed by atoms with E-state index < -0.39 is 16.1 Å². The number of rotatable bonds is 6. The average molecular weight is 418 g/mol.